The summed E-state index contributed by atoms with van der Waals surface area (Å²) in [5, 5.41) is 0.173. The van der Waals surface area contributed by atoms with Crippen LogP contribution >= 0.6 is 0 Å². The van der Waals surface area contributed by atoms with Crippen molar-refractivity contribution in [2.75, 3.05) is 12.1 Å². The van der Waals surface area contributed by atoms with Crippen LogP contribution in [0.15, 0.2) is 30.3 Å². The fourth-order valence-corrected chi connectivity index (χ4v) is 2.51. The molecule has 0 aliphatic heterocycles. The Morgan fingerprint density at radius 3 is 2.38 bits per heavy atom. The molecule has 0 saturated heterocycles. The monoisotopic (exact) mass is 309 g/mol. The Labute approximate surface area is 128 Å². The Morgan fingerprint density at radius 2 is 1.86 bits per heavy atom. The van der Waals surface area contributed by atoms with E-state index in [4.69, 9.17) is 9.26 Å². The Balaban J connectivity index is 2.37. The first kappa shape index (κ1) is 17.9. The first-order valence-electron chi connectivity index (χ1n) is 7.32. The lowest BCUT2D eigenvalue weighted by Crippen LogP contribution is -2.41. The van der Waals surface area contributed by atoms with Gasteiger partial charge in [0.15, 0.2) is 14.6 Å². The predicted molar refractivity (Wildman–Crippen MR) is 88.8 cm³/mol. The molecule has 0 aromatic heterocycles. The third kappa shape index (κ3) is 5.99. The topological polar surface area (TPSA) is 47.6 Å². The molecular formula is C16H27NO3Si. The molecule has 1 rings (SSSR count). The van der Waals surface area contributed by atoms with E-state index in [1.807, 2.05) is 30.3 Å². The Kier molecular flexibility index (Phi) is 6.58. The summed E-state index contributed by atoms with van der Waals surface area (Å²) in [6.45, 7) is 11.5. The zero-order valence-electron chi connectivity index (χ0n) is 13.7. The fourth-order valence-electron chi connectivity index (χ4n) is 1.45. The van der Waals surface area contributed by atoms with Gasteiger partial charge in [-0.3, -0.25) is 10.3 Å². The standard InChI is InChI=1S/C16H27NO3Si/c1-16(2,3)21(4,5)19-12-11-15(13-18)20-17-14-9-7-6-8-10-14/h6-10,13,15,17H,11-12H2,1-5H3/t15-/m1/s1. The zero-order valence-corrected chi connectivity index (χ0v) is 14.7. The van der Waals surface area contributed by atoms with Crippen molar-refractivity contribution in [2.24, 2.45) is 0 Å². The highest BCUT2D eigenvalue weighted by Crippen LogP contribution is 2.36. The lowest BCUT2D eigenvalue weighted by Gasteiger charge is -2.36. The van der Waals surface area contributed by atoms with Crippen molar-refractivity contribution >= 4 is 20.3 Å². The summed E-state index contributed by atoms with van der Waals surface area (Å²) in [7, 11) is -1.76. The molecule has 1 N–H and O–H groups in total. The van der Waals surface area contributed by atoms with E-state index >= 15 is 0 Å². The number of hydrogen-bond acceptors (Lipinski definition) is 4. The molecule has 21 heavy (non-hydrogen) atoms. The first-order valence-corrected chi connectivity index (χ1v) is 10.2. The average molecular weight is 309 g/mol. The van der Waals surface area contributed by atoms with Crippen LogP contribution in [-0.2, 0) is 14.1 Å². The summed E-state index contributed by atoms with van der Waals surface area (Å²) in [5.74, 6) is 0. The maximum Gasteiger partial charge on any atom is 0.191 e. The normalized spacial score (nSPS) is 13.8. The molecule has 0 aliphatic carbocycles. The molecule has 0 fully saturated rings. The predicted octanol–water partition coefficient (Wildman–Crippen LogP) is 4.01. The van der Waals surface area contributed by atoms with Gasteiger partial charge in [0.2, 0.25) is 0 Å². The highest BCUT2D eigenvalue weighted by Gasteiger charge is 2.37. The summed E-state index contributed by atoms with van der Waals surface area (Å²) in [6.07, 6.45) is 0.857. The van der Waals surface area contributed by atoms with Crippen LogP contribution in [0, 0.1) is 0 Å². The van der Waals surface area contributed by atoms with Gasteiger partial charge < -0.3 is 9.22 Å². The molecule has 118 valence electrons. The van der Waals surface area contributed by atoms with E-state index in [-0.39, 0.29) is 5.04 Å². The molecule has 0 spiro atoms. The number of benzene rings is 1. The largest absolute Gasteiger partial charge is 0.417 e. The molecule has 1 aromatic rings. The molecule has 0 aliphatic rings. The molecular weight excluding hydrogens is 282 g/mol. The van der Waals surface area contributed by atoms with Gasteiger partial charge in [0.05, 0.1) is 5.69 Å². The van der Waals surface area contributed by atoms with Gasteiger partial charge >= 0.3 is 0 Å². The molecule has 1 aromatic carbocycles. The number of para-hydroxylation sites is 1. The number of hydrogen-bond donors (Lipinski definition) is 1. The number of rotatable bonds is 8. The van der Waals surface area contributed by atoms with Crippen molar-refractivity contribution in [3.05, 3.63) is 30.3 Å². The summed E-state index contributed by atoms with van der Waals surface area (Å²) in [4.78, 5) is 16.5. The minimum Gasteiger partial charge on any atom is -0.417 e. The number of anilines is 1. The van der Waals surface area contributed by atoms with Crippen LogP contribution in [0.25, 0.3) is 0 Å². The smallest absolute Gasteiger partial charge is 0.191 e. The zero-order chi connectivity index (χ0) is 15.9. The summed E-state index contributed by atoms with van der Waals surface area (Å²) < 4.78 is 6.05. The molecule has 0 amide bonds. The number of carbonyl (C=O) groups is 1. The molecule has 0 radical (unpaired) electrons. The van der Waals surface area contributed by atoms with Crippen LogP contribution in [0.5, 0.6) is 0 Å². The third-order valence-electron chi connectivity index (χ3n) is 3.93. The minimum absolute atomic E-state index is 0.173. The number of aldehydes is 1. The van der Waals surface area contributed by atoms with E-state index in [0.717, 1.165) is 12.0 Å². The second-order valence-electron chi connectivity index (χ2n) is 6.66. The second-order valence-corrected chi connectivity index (χ2v) is 11.5. The molecule has 5 heteroatoms. The van der Waals surface area contributed by atoms with E-state index < -0.39 is 14.4 Å². The van der Waals surface area contributed by atoms with Gasteiger partial charge in [-0.25, -0.2) is 0 Å². The Bertz CT molecular complexity index is 429. The van der Waals surface area contributed by atoms with Crippen LogP contribution in [0.1, 0.15) is 27.2 Å². The second kappa shape index (κ2) is 7.73. The van der Waals surface area contributed by atoms with E-state index in [1.165, 1.54) is 0 Å². The van der Waals surface area contributed by atoms with Crippen molar-refractivity contribution in [1.82, 2.24) is 0 Å². The molecule has 0 heterocycles. The van der Waals surface area contributed by atoms with Crippen molar-refractivity contribution in [3.63, 3.8) is 0 Å². The van der Waals surface area contributed by atoms with E-state index in [0.29, 0.717) is 13.0 Å². The van der Waals surface area contributed by atoms with Gasteiger partial charge in [0.25, 0.3) is 0 Å². The highest BCUT2D eigenvalue weighted by atomic mass is 28.4. The first-order chi connectivity index (χ1) is 9.76. The van der Waals surface area contributed by atoms with Crippen molar-refractivity contribution in [2.45, 2.75) is 51.4 Å². The summed E-state index contributed by atoms with van der Waals surface area (Å²) >= 11 is 0. The van der Waals surface area contributed by atoms with Gasteiger partial charge in [0, 0.05) is 13.0 Å². The van der Waals surface area contributed by atoms with Crippen LogP contribution in [-0.4, -0.2) is 27.3 Å². The van der Waals surface area contributed by atoms with Gasteiger partial charge in [0.1, 0.15) is 6.10 Å². The van der Waals surface area contributed by atoms with Crippen LogP contribution in [0.4, 0.5) is 5.69 Å². The van der Waals surface area contributed by atoms with Gasteiger partial charge in [-0.15, -0.1) is 0 Å². The minimum atomic E-state index is -1.76. The summed E-state index contributed by atoms with van der Waals surface area (Å²) in [5.41, 5.74) is 3.63. The average Bonchev–Trinajstić information content (AvgIpc) is 2.42. The molecule has 4 nitrogen and oxygen atoms in total. The Hall–Kier alpha value is -1.17. The maximum atomic E-state index is 11.1. The van der Waals surface area contributed by atoms with Crippen LogP contribution in [0.3, 0.4) is 0 Å². The molecule has 0 bridgehead atoms. The van der Waals surface area contributed by atoms with Gasteiger partial charge in [-0.2, -0.15) is 0 Å². The van der Waals surface area contributed by atoms with E-state index in [2.05, 4.69) is 39.3 Å². The van der Waals surface area contributed by atoms with Crippen molar-refractivity contribution in [1.29, 1.82) is 0 Å². The molecule has 0 unspecified atom stereocenters. The van der Waals surface area contributed by atoms with Gasteiger partial charge in [-0.05, 0) is 30.3 Å². The quantitative estimate of drug-likeness (QED) is 0.448. The molecule has 1 atom stereocenters. The third-order valence-corrected chi connectivity index (χ3v) is 8.46. The van der Waals surface area contributed by atoms with Crippen LogP contribution in [0.2, 0.25) is 18.1 Å². The van der Waals surface area contributed by atoms with Gasteiger partial charge in [-0.1, -0.05) is 39.0 Å². The Morgan fingerprint density at radius 1 is 1.24 bits per heavy atom. The van der Waals surface area contributed by atoms with Crippen molar-refractivity contribution in [3.8, 4) is 0 Å². The SMILES string of the molecule is CC(C)(C)[Si](C)(C)OCC[C@H](C=O)ONc1ccccc1. The number of carbonyl (C=O) groups excluding carboxylic acids is 1. The summed E-state index contributed by atoms with van der Waals surface area (Å²) in [6, 6.07) is 9.50. The lowest BCUT2D eigenvalue weighted by atomic mass is 10.2. The van der Waals surface area contributed by atoms with Crippen molar-refractivity contribution < 1.29 is 14.1 Å². The van der Waals surface area contributed by atoms with E-state index in [9.17, 15) is 4.79 Å². The number of nitrogens with one attached hydrogen (secondary N) is 1. The maximum absolute atomic E-state index is 11.1. The molecule has 0 saturated carbocycles. The fraction of sp³-hybridized carbons (Fsp3) is 0.562. The van der Waals surface area contributed by atoms with E-state index in [1.54, 1.807) is 0 Å². The van der Waals surface area contributed by atoms with Crippen LogP contribution < -0.4 is 5.48 Å². The highest BCUT2D eigenvalue weighted by molar-refractivity contribution is 6.74. The lowest BCUT2D eigenvalue weighted by molar-refractivity contribution is -0.117.